The molecule has 1 saturated carbocycles. The minimum atomic E-state index is 0.735. The average molecular weight is 282 g/mol. The van der Waals surface area contributed by atoms with Crippen molar-refractivity contribution in [3.63, 3.8) is 0 Å². The third-order valence-corrected chi connectivity index (χ3v) is 3.90. The van der Waals surface area contributed by atoms with E-state index in [1.165, 1.54) is 24.0 Å². The first-order chi connectivity index (χ1) is 10.2. The lowest BCUT2D eigenvalue weighted by Gasteiger charge is -2.19. The number of nitrogens with one attached hydrogen (secondary N) is 1. The van der Waals surface area contributed by atoms with Gasteiger partial charge in [-0.15, -0.1) is 0 Å². The van der Waals surface area contributed by atoms with E-state index in [1.54, 1.807) is 0 Å². The van der Waals surface area contributed by atoms with Crippen LogP contribution in [0.1, 0.15) is 29.7 Å². The van der Waals surface area contributed by atoms with Crippen LogP contribution >= 0.6 is 0 Å². The Kier molecular flexibility index (Phi) is 4.15. The predicted octanol–water partition coefficient (Wildman–Crippen LogP) is 2.67. The molecule has 2 heterocycles. The van der Waals surface area contributed by atoms with Crippen molar-refractivity contribution < 1.29 is 0 Å². The fourth-order valence-corrected chi connectivity index (χ4v) is 2.36. The Morgan fingerprint density at radius 2 is 1.95 bits per heavy atom. The van der Waals surface area contributed by atoms with Crippen molar-refractivity contribution in [2.24, 2.45) is 0 Å². The first kappa shape index (κ1) is 14.0. The largest absolute Gasteiger partial charge is 0.355 e. The lowest BCUT2D eigenvalue weighted by molar-refractivity contribution is 0.682. The number of rotatable bonds is 6. The van der Waals surface area contributed by atoms with Gasteiger partial charge in [0.05, 0.1) is 0 Å². The van der Waals surface area contributed by atoms with E-state index in [1.807, 2.05) is 24.5 Å². The molecule has 0 aliphatic heterocycles. The van der Waals surface area contributed by atoms with E-state index in [9.17, 15) is 0 Å². The minimum absolute atomic E-state index is 0.735. The van der Waals surface area contributed by atoms with Crippen molar-refractivity contribution in [3.8, 4) is 0 Å². The number of nitrogens with zero attached hydrogens (tertiary/aromatic N) is 3. The molecule has 0 spiro atoms. The summed E-state index contributed by atoms with van der Waals surface area (Å²) in [7, 11) is 2.07. The molecule has 0 radical (unpaired) electrons. The molecule has 0 unspecified atom stereocenters. The molecular formula is C17H22N4. The lowest BCUT2D eigenvalue weighted by atomic mass is 10.2. The van der Waals surface area contributed by atoms with Crippen LogP contribution in [0.5, 0.6) is 0 Å². The maximum atomic E-state index is 4.74. The lowest BCUT2D eigenvalue weighted by Crippen LogP contribution is -2.20. The van der Waals surface area contributed by atoms with Crippen LogP contribution in [0.4, 0.5) is 5.82 Å². The van der Waals surface area contributed by atoms with Gasteiger partial charge in [0.25, 0.3) is 0 Å². The maximum Gasteiger partial charge on any atom is 0.128 e. The molecule has 2 aromatic rings. The quantitative estimate of drug-likeness (QED) is 0.884. The van der Waals surface area contributed by atoms with Crippen LogP contribution in [-0.2, 0) is 13.1 Å². The fraction of sp³-hybridized carbons (Fsp3) is 0.412. The SMILES string of the molecule is Cc1nc(N(C)Cc2ccncc2)ccc1CNC1CC1. The summed E-state index contributed by atoms with van der Waals surface area (Å²) in [6.45, 7) is 3.86. The molecule has 0 amide bonds. The van der Waals surface area contributed by atoms with E-state index < -0.39 is 0 Å². The Morgan fingerprint density at radius 1 is 1.19 bits per heavy atom. The first-order valence-corrected chi connectivity index (χ1v) is 7.52. The van der Waals surface area contributed by atoms with Crippen LogP contribution in [0, 0.1) is 6.92 Å². The number of hydrogen-bond donors (Lipinski definition) is 1. The van der Waals surface area contributed by atoms with E-state index in [-0.39, 0.29) is 0 Å². The molecule has 4 nitrogen and oxygen atoms in total. The van der Waals surface area contributed by atoms with Crippen molar-refractivity contribution in [1.29, 1.82) is 0 Å². The van der Waals surface area contributed by atoms with Crippen molar-refractivity contribution in [2.75, 3.05) is 11.9 Å². The molecule has 2 aromatic heterocycles. The van der Waals surface area contributed by atoms with Gasteiger partial charge in [0.2, 0.25) is 0 Å². The van der Waals surface area contributed by atoms with E-state index >= 15 is 0 Å². The van der Waals surface area contributed by atoms with Gasteiger partial charge < -0.3 is 10.2 Å². The van der Waals surface area contributed by atoms with Crippen LogP contribution in [0.25, 0.3) is 0 Å². The third-order valence-electron chi connectivity index (χ3n) is 3.90. The van der Waals surface area contributed by atoms with Gasteiger partial charge in [-0.3, -0.25) is 4.98 Å². The molecule has 0 aromatic carbocycles. The van der Waals surface area contributed by atoms with Gasteiger partial charge in [-0.2, -0.15) is 0 Å². The highest BCUT2D eigenvalue weighted by molar-refractivity contribution is 5.41. The zero-order valence-corrected chi connectivity index (χ0v) is 12.7. The van der Waals surface area contributed by atoms with Crippen LogP contribution < -0.4 is 10.2 Å². The van der Waals surface area contributed by atoms with Gasteiger partial charge >= 0.3 is 0 Å². The topological polar surface area (TPSA) is 41.1 Å². The molecule has 1 aliphatic carbocycles. The van der Waals surface area contributed by atoms with Gasteiger partial charge in [-0.05, 0) is 49.1 Å². The number of anilines is 1. The Hall–Kier alpha value is -1.94. The molecular weight excluding hydrogens is 260 g/mol. The molecule has 4 heteroatoms. The monoisotopic (exact) mass is 282 g/mol. The zero-order valence-electron chi connectivity index (χ0n) is 12.7. The summed E-state index contributed by atoms with van der Waals surface area (Å²) in [5, 5.41) is 3.54. The second-order valence-electron chi connectivity index (χ2n) is 5.78. The van der Waals surface area contributed by atoms with Gasteiger partial charge in [0, 0.05) is 44.3 Å². The molecule has 3 rings (SSSR count). The summed E-state index contributed by atoms with van der Waals surface area (Å²) < 4.78 is 0. The van der Waals surface area contributed by atoms with Gasteiger partial charge in [-0.25, -0.2) is 4.98 Å². The number of pyridine rings is 2. The highest BCUT2D eigenvalue weighted by Gasteiger charge is 2.20. The minimum Gasteiger partial charge on any atom is -0.355 e. The average Bonchev–Trinajstić information content (AvgIpc) is 3.31. The molecule has 21 heavy (non-hydrogen) atoms. The molecule has 0 atom stereocenters. The van der Waals surface area contributed by atoms with Crippen molar-refractivity contribution in [3.05, 3.63) is 53.5 Å². The highest BCUT2D eigenvalue weighted by atomic mass is 15.2. The summed E-state index contributed by atoms with van der Waals surface area (Å²) in [4.78, 5) is 11.0. The Morgan fingerprint density at radius 3 is 2.62 bits per heavy atom. The maximum absolute atomic E-state index is 4.74. The highest BCUT2D eigenvalue weighted by Crippen LogP contribution is 2.20. The van der Waals surface area contributed by atoms with E-state index in [0.717, 1.165) is 30.6 Å². The second-order valence-corrected chi connectivity index (χ2v) is 5.78. The summed E-state index contributed by atoms with van der Waals surface area (Å²) >= 11 is 0. The Balaban J connectivity index is 1.65. The Bertz CT molecular complexity index is 593. The van der Waals surface area contributed by atoms with E-state index in [0.29, 0.717) is 0 Å². The standard InChI is InChI=1S/C17H22N4/c1-13-15(11-19-16-4-5-16)3-6-17(20-13)21(2)12-14-7-9-18-10-8-14/h3,6-10,16,19H,4-5,11-12H2,1-2H3. The number of hydrogen-bond acceptors (Lipinski definition) is 4. The summed E-state index contributed by atoms with van der Waals surface area (Å²) in [6, 6.07) is 9.11. The number of aryl methyl sites for hydroxylation is 1. The van der Waals surface area contributed by atoms with Crippen LogP contribution in [0.15, 0.2) is 36.7 Å². The van der Waals surface area contributed by atoms with Gasteiger partial charge in [0.1, 0.15) is 5.82 Å². The van der Waals surface area contributed by atoms with E-state index in [4.69, 9.17) is 4.98 Å². The summed E-state index contributed by atoms with van der Waals surface area (Å²) in [6.07, 6.45) is 6.29. The number of aromatic nitrogens is 2. The van der Waals surface area contributed by atoms with Crippen molar-refractivity contribution in [1.82, 2.24) is 15.3 Å². The third kappa shape index (κ3) is 3.79. The van der Waals surface area contributed by atoms with Gasteiger partial charge in [0.15, 0.2) is 0 Å². The smallest absolute Gasteiger partial charge is 0.128 e. The van der Waals surface area contributed by atoms with Crippen molar-refractivity contribution in [2.45, 2.75) is 38.9 Å². The van der Waals surface area contributed by atoms with Crippen LogP contribution in [0.2, 0.25) is 0 Å². The molecule has 1 fully saturated rings. The van der Waals surface area contributed by atoms with Gasteiger partial charge in [-0.1, -0.05) is 6.07 Å². The normalized spacial score (nSPS) is 14.2. The predicted molar refractivity (Wildman–Crippen MR) is 85.2 cm³/mol. The molecule has 1 aliphatic rings. The summed E-state index contributed by atoms with van der Waals surface area (Å²) in [5.41, 5.74) is 3.65. The molecule has 110 valence electrons. The first-order valence-electron chi connectivity index (χ1n) is 7.52. The Labute approximate surface area is 126 Å². The zero-order chi connectivity index (χ0) is 14.7. The van der Waals surface area contributed by atoms with Crippen LogP contribution in [0.3, 0.4) is 0 Å². The molecule has 1 N–H and O–H groups in total. The van der Waals surface area contributed by atoms with Crippen LogP contribution in [-0.4, -0.2) is 23.1 Å². The fourth-order valence-electron chi connectivity index (χ4n) is 2.36. The molecule has 0 saturated heterocycles. The van der Waals surface area contributed by atoms with E-state index in [2.05, 4.69) is 41.3 Å². The van der Waals surface area contributed by atoms with Crippen molar-refractivity contribution >= 4 is 5.82 Å². The second kappa shape index (κ2) is 6.22. The summed E-state index contributed by atoms with van der Waals surface area (Å²) in [5.74, 6) is 1.01. The molecule has 0 bridgehead atoms.